The predicted molar refractivity (Wildman–Crippen MR) is 86.2 cm³/mol. The predicted octanol–water partition coefficient (Wildman–Crippen LogP) is 3.97. The lowest BCUT2D eigenvalue weighted by molar-refractivity contribution is -0.124. The van der Waals surface area contributed by atoms with Crippen LogP contribution in [0.15, 0.2) is 47.4 Å². The maximum Gasteiger partial charge on any atom is 0.178 e. The molecule has 108 valence electrons. The summed E-state index contributed by atoms with van der Waals surface area (Å²) in [5, 5.41) is 0. The minimum atomic E-state index is -0.342. The molecule has 21 heavy (non-hydrogen) atoms. The highest BCUT2D eigenvalue weighted by Crippen LogP contribution is 2.35. The highest BCUT2D eigenvalue weighted by Gasteiger charge is 2.26. The molecule has 0 amide bonds. The van der Waals surface area contributed by atoms with Crippen molar-refractivity contribution >= 4 is 17.5 Å². The van der Waals surface area contributed by atoms with Gasteiger partial charge in [-0.2, -0.15) is 0 Å². The number of hydrogen-bond acceptors (Lipinski definition) is 3. The highest BCUT2D eigenvalue weighted by molar-refractivity contribution is 7.99. The molecule has 0 saturated heterocycles. The molecule has 3 heteroatoms. The van der Waals surface area contributed by atoms with E-state index in [-0.39, 0.29) is 11.9 Å². The van der Waals surface area contributed by atoms with Crippen LogP contribution in [0, 0.1) is 13.8 Å². The van der Waals surface area contributed by atoms with Crippen molar-refractivity contribution in [3.63, 3.8) is 0 Å². The zero-order valence-corrected chi connectivity index (χ0v) is 13.1. The number of fused-ring (bicyclic) bond motifs is 1. The van der Waals surface area contributed by atoms with Crippen LogP contribution in [0.4, 0.5) is 0 Å². The second kappa shape index (κ2) is 5.94. The van der Waals surface area contributed by atoms with E-state index < -0.39 is 0 Å². The molecule has 2 aromatic carbocycles. The fraction of sp³-hybridized carbons (Fsp3) is 0.278. The minimum absolute atomic E-state index is 0.155. The summed E-state index contributed by atoms with van der Waals surface area (Å²) in [5.41, 5.74) is 3.47. The normalized spacial score (nSPS) is 17.0. The van der Waals surface area contributed by atoms with Crippen LogP contribution in [0.25, 0.3) is 0 Å². The zero-order valence-electron chi connectivity index (χ0n) is 12.3. The molecule has 2 aromatic rings. The van der Waals surface area contributed by atoms with E-state index in [4.69, 9.17) is 4.74 Å². The van der Waals surface area contributed by atoms with Crippen molar-refractivity contribution in [2.45, 2.75) is 31.3 Å². The lowest BCUT2D eigenvalue weighted by Crippen LogP contribution is -2.33. The van der Waals surface area contributed by atoms with Crippen molar-refractivity contribution in [1.82, 2.24) is 0 Å². The van der Waals surface area contributed by atoms with Gasteiger partial charge in [0.05, 0.1) is 0 Å². The average molecular weight is 298 g/mol. The Bertz CT molecular complexity index is 658. The number of carbonyl (C=O) groups is 1. The van der Waals surface area contributed by atoms with Gasteiger partial charge in [0.25, 0.3) is 0 Å². The number of hydrogen-bond donors (Lipinski definition) is 0. The van der Waals surface area contributed by atoms with Gasteiger partial charge in [-0.15, -0.1) is 11.8 Å². The van der Waals surface area contributed by atoms with Gasteiger partial charge < -0.3 is 4.74 Å². The van der Waals surface area contributed by atoms with Crippen LogP contribution in [0.3, 0.4) is 0 Å². The lowest BCUT2D eigenvalue weighted by Gasteiger charge is -2.24. The molecule has 1 unspecified atom stereocenters. The van der Waals surface area contributed by atoms with Gasteiger partial charge >= 0.3 is 0 Å². The van der Waals surface area contributed by atoms with Gasteiger partial charge in [0.15, 0.2) is 11.9 Å². The number of aryl methyl sites for hydroxylation is 2. The second-order valence-electron chi connectivity index (χ2n) is 5.50. The fourth-order valence-electron chi connectivity index (χ4n) is 2.66. The number of para-hydroxylation sites is 1. The van der Waals surface area contributed by atoms with Gasteiger partial charge in [0, 0.05) is 17.1 Å². The molecule has 1 atom stereocenters. The Labute approximate surface area is 129 Å². The van der Waals surface area contributed by atoms with Gasteiger partial charge in [-0.25, -0.2) is 0 Å². The summed E-state index contributed by atoms with van der Waals surface area (Å²) in [4.78, 5) is 13.6. The van der Waals surface area contributed by atoms with Crippen LogP contribution >= 0.6 is 11.8 Å². The van der Waals surface area contributed by atoms with Crippen molar-refractivity contribution in [2.24, 2.45) is 0 Å². The van der Waals surface area contributed by atoms with Crippen molar-refractivity contribution in [3.05, 3.63) is 59.2 Å². The first-order valence-corrected chi connectivity index (χ1v) is 8.09. The highest BCUT2D eigenvalue weighted by atomic mass is 32.2. The molecule has 0 bridgehead atoms. The van der Waals surface area contributed by atoms with E-state index in [1.165, 1.54) is 11.1 Å². The number of ether oxygens (including phenoxy) is 1. The number of thioether (sulfide) groups is 1. The van der Waals surface area contributed by atoms with Crippen LogP contribution < -0.4 is 4.74 Å². The Morgan fingerprint density at radius 1 is 1.19 bits per heavy atom. The topological polar surface area (TPSA) is 26.3 Å². The standard InChI is InChI=1S/C18H18O2S/c1-12-7-13(2)9-14(8-12)10-15(19)17-11-21-18-6-4-3-5-16(18)20-17/h3-9,17H,10-11H2,1-2H3. The fourth-order valence-corrected chi connectivity index (χ4v) is 3.68. The van der Waals surface area contributed by atoms with Crippen molar-refractivity contribution in [2.75, 3.05) is 5.75 Å². The Hall–Kier alpha value is -1.74. The smallest absolute Gasteiger partial charge is 0.178 e. The van der Waals surface area contributed by atoms with E-state index in [1.54, 1.807) is 11.8 Å². The van der Waals surface area contributed by atoms with Gasteiger partial charge in [0.1, 0.15) is 5.75 Å². The number of rotatable bonds is 3. The summed E-state index contributed by atoms with van der Waals surface area (Å²) in [6, 6.07) is 14.2. The molecule has 1 aliphatic rings. The van der Waals surface area contributed by atoms with Crippen LogP contribution in [-0.4, -0.2) is 17.6 Å². The molecular weight excluding hydrogens is 280 g/mol. The van der Waals surface area contributed by atoms with Crippen molar-refractivity contribution < 1.29 is 9.53 Å². The second-order valence-corrected chi connectivity index (χ2v) is 6.57. The Morgan fingerprint density at radius 3 is 2.67 bits per heavy atom. The molecule has 0 spiro atoms. The Morgan fingerprint density at radius 2 is 1.90 bits per heavy atom. The minimum Gasteiger partial charge on any atom is -0.481 e. The first-order valence-electron chi connectivity index (χ1n) is 7.10. The van der Waals surface area contributed by atoms with E-state index in [0.717, 1.165) is 16.2 Å². The summed E-state index contributed by atoms with van der Waals surface area (Å²) in [6.45, 7) is 4.12. The van der Waals surface area contributed by atoms with Crippen molar-refractivity contribution in [3.8, 4) is 5.75 Å². The summed E-state index contributed by atoms with van der Waals surface area (Å²) >= 11 is 1.70. The van der Waals surface area contributed by atoms with E-state index in [0.29, 0.717) is 12.2 Å². The molecule has 1 heterocycles. The molecular formula is C18H18O2S. The van der Waals surface area contributed by atoms with Crippen LogP contribution in [0.1, 0.15) is 16.7 Å². The third-order valence-corrected chi connectivity index (χ3v) is 4.65. The quantitative estimate of drug-likeness (QED) is 0.857. The number of Topliss-reactive ketones (excluding diaryl/α,β-unsaturated/α-hetero) is 1. The monoisotopic (exact) mass is 298 g/mol. The first kappa shape index (κ1) is 14.2. The zero-order chi connectivity index (χ0) is 14.8. The van der Waals surface area contributed by atoms with E-state index in [2.05, 4.69) is 32.0 Å². The number of carbonyl (C=O) groups excluding carboxylic acids is 1. The molecule has 0 N–H and O–H groups in total. The summed E-state index contributed by atoms with van der Waals surface area (Å²) in [7, 11) is 0. The third kappa shape index (κ3) is 3.30. The maximum atomic E-state index is 12.5. The largest absolute Gasteiger partial charge is 0.481 e. The molecule has 3 rings (SSSR count). The Balaban J connectivity index is 1.72. The molecule has 1 aliphatic heterocycles. The van der Waals surface area contributed by atoms with E-state index in [1.807, 2.05) is 24.3 Å². The molecule has 0 aromatic heterocycles. The number of benzene rings is 2. The average Bonchev–Trinajstić information content (AvgIpc) is 2.45. The third-order valence-electron chi connectivity index (χ3n) is 3.53. The first-order chi connectivity index (χ1) is 10.1. The van der Waals surface area contributed by atoms with E-state index >= 15 is 0 Å². The molecule has 0 aliphatic carbocycles. The molecule has 2 nitrogen and oxygen atoms in total. The van der Waals surface area contributed by atoms with Crippen LogP contribution in [0.2, 0.25) is 0 Å². The lowest BCUT2D eigenvalue weighted by atomic mass is 10.0. The van der Waals surface area contributed by atoms with Crippen LogP contribution in [0.5, 0.6) is 5.75 Å². The van der Waals surface area contributed by atoms with Gasteiger partial charge in [-0.1, -0.05) is 41.5 Å². The molecule has 0 radical (unpaired) electrons. The van der Waals surface area contributed by atoms with Gasteiger partial charge in [-0.05, 0) is 31.5 Å². The summed E-state index contributed by atoms with van der Waals surface area (Å²) in [6.07, 6.45) is 0.0985. The maximum absolute atomic E-state index is 12.5. The van der Waals surface area contributed by atoms with Gasteiger partial charge in [-0.3, -0.25) is 4.79 Å². The van der Waals surface area contributed by atoms with Gasteiger partial charge in [0.2, 0.25) is 0 Å². The van der Waals surface area contributed by atoms with Crippen LogP contribution in [-0.2, 0) is 11.2 Å². The molecule has 0 fully saturated rings. The van der Waals surface area contributed by atoms with Crippen molar-refractivity contribution in [1.29, 1.82) is 0 Å². The summed E-state index contributed by atoms with van der Waals surface area (Å²) < 4.78 is 5.86. The summed E-state index contributed by atoms with van der Waals surface area (Å²) in [5.74, 6) is 1.68. The number of ketones is 1. The SMILES string of the molecule is Cc1cc(C)cc(CC(=O)C2CSc3ccccc3O2)c1. The molecule has 0 saturated carbocycles. The van der Waals surface area contributed by atoms with E-state index in [9.17, 15) is 4.79 Å². The Kier molecular flexibility index (Phi) is 4.02.